The Kier molecular flexibility index (Phi) is 6.53. The van der Waals surface area contributed by atoms with E-state index in [2.05, 4.69) is 15.2 Å². The van der Waals surface area contributed by atoms with Gasteiger partial charge in [0.15, 0.2) is 0 Å². The smallest absolute Gasteiger partial charge is 0.214 e. The Morgan fingerprint density at radius 3 is 2.71 bits per heavy atom. The predicted molar refractivity (Wildman–Crippen MR) is 107 cm³/mol. The maximum absolute atomic E-state index is 13.3. The van der Waals surface area contributed by atoms with Crippen molar-refractivity contribution in [2.75, 3.05) is 19.3 Å². The molecule has 148 valence electrons. The zero-order valence-electron chi connectivity index (χ0n) is 15.7. The van der Waals surface area contributed by atoms with Gasteiger partial charge in [-0.05, 0) is 43.2 Å². The fourth-order valence-electron chi connectivity index (χ4n) is 2.85. The van der Waals surface area contributed by atoms with Crippen LogP contribution in [0.4, 0.5) is 4.39 Å². The molecule has 0 saturated carbocycles. The highest BCUT2D eigenvalue weighted by atomic mass is 32.2. The zero-order valence-corrected chi connectivity index (χ0v) is 16.5. The summed E-state index contributed by atoms with van der Waals surface area (Å²) in [6, 6.07) is 13.6. The molecule has 1 N–H and O–H groups in total. The van der Waals surface area contributed by atoms with Crippen molar-refractivity contribution in [1.29, 1.82) is 0 Å². The van der Waals surface area contributed by atoms with Crippen molar-refractivity contribution in [3.8, 4) is 11.3 Å². The van der Waals surface area contributed by atoms with Crippen LogP contribution < -0.4 is 0 Å². The number of benzene rings is 1. The second-order valence-electron chi connectivity index (χ2n) is 6.60. The lowest BCUT2D eigenvalue weighted by Gasteiger charge is -2.16. The molecular formula is C20H23FN4O2S. The Morgan fingerprint density at radius 1 is 1.11 bits per heavy atom. The number of rotatable bonds is 9. The van der Waals surface area contributed by atoms with E-state index in [1.807, 2.05) is 18.2 Å². The van der Waals surface area contributed by atoms with Gasteiger partial charge in [-0.15, -0.1) is 0 Å². The minimum atomic E-state index is -3.33. The van der Waals surface area contributed by atoms with Gasteiger partial charge in [-0.2, -0.15) is 5.10 Å². The topological polar surface area (TPSA) is 79.0 Å². The van der Waals surface area contributed by atoms with Gasteiger partial charge in [0.2, 0.25) is 10.0 Å². The van der Waals surface area contributed by atoms with Crippen LogP contribution >= 0.6 is 0 Å². The third kappa shape index (κ3) is 5.46. The second kappa shape index (κ2) is 9.07. The van der Waals surface area contributed by atoms with Gasteiger partial charge in [-0.1, -0.05) is 18.2 Å². The summed E-state index contributed by atoms with van der Waals surface area (Å²) in [4.78, 5) is 4.16. The maximum atomic E-state index is 13.3. The molecule has 1 aromatic carbocycles. The van der Waals surface area contributed by atoms with E-state index in [1.54, 1.807) is 31.4 Å². The molecule has 8 heteroatoms. The number of aromatic amines is 1. The second-order valence-corrected chi connectivity index (χ2v) is 8.80. The van der Waals surface area contributed by atoms with Crippen LogP contribution in [0.1, 0.15) is 17.8 Å². The number of pyridine rings is 1. The van der Waals surface area contributed by atoms with Crippen molar-refractivity contribution in [1.82, 2.24) is 19.5 Å². The van der Waals surface area contributed by atoms with E-state index >= 15 is 0 Å². The molecule has 0 unspecified atom stereocenters. The minimum absolute atomic E-state index is 0.0360. The lowest BCUT2D eigenvalue weighted by molar-refractivity contribution is 0.460. The first-order valence-corrected chi connectivity index (χ1v) is 10.7. The molecule has 3 aromatic rings. The summed E-state index contributed by atoms with van der Waals surface area (Å²) in [5.41, 5.74) is 3.03. The normalized spacial score (nSPS) is 11.8. The summed E-state index contributed by atoms with van der Waals surface area (Å²) in [6.07, 6.45) is 3.37. The third-order valence-electron chi connectivity index (χ3n) is 4.49. The molecule has 28 heavy (non-hydrogen) atoms. The van der Waals surface area contributed by atoms with Gasteiger partial charge in [-0.3, -0.25) is 10.1 Å². The molecule has 0 radical (unpaired) electrons. The lowest BCUT2D eigenvalue weighted by Crippen LogP contribution is -2.31. The molecule has 0 fully saturated rings. The van der Waals surface area contributed by atoms with Gasteiger partial charge < -0.3 is 0 Å². The average Bonchev–Trinajstić information content (AvgIpc) is 3.16. The SMILES string of the molecule is CN(CCCc1cc(-c2cccc(F)c2)n[nH]1)S(=O)(=O)CCc1ccccn1. The number of nitrogens with one attached hydrogen (secondary N) is 1. The van der Waals surface area contributed by atoms with Crippen LogP contribution in [-0.4, -0.2) is 47.2 Å². The fourth-order valence-corrected chi connectivity index (χ4v) is 4.04. The minimum Gasteiger partial charge on any atom is -0.282 e. The molecule has 0 atom stereocenters. The van der Waals surface area contributed by atoms with Gasteiger partial charge in [0.05, 0.1) is 11.4 Å². The van der Waals surface area contributed by atoms with E-state index in [-0.39, 0.29) is 11.6 Å². The van der Waals surface area contributed by atoms with Gasteiger partial charge >= 0.3 is 0 Å². The largest absolute Gasteiger partial charge is 0.282 e. The number of H-pyrrole nitrogens is 1. The summed E-state index contributed by atoms with van der Waals surface area (Å²) in [5, 5.41) is 7.14. The number of halogens is 1. The van der Waals surface area contributed by atoms with E-state index in [4.69, 9.17) is 0 Å². The summed E-state index contributed by atoms with van der Waals surface area (Å²) in [5.74, 6) is -0.270. The van der Waals surface area contributed by atoms with Crippen LogP contribution in [0.5, 0.6) is 0 Å². The van der Waals surface area contributed by atoms with Crippen LogP contribution in [0.15, 0.2) is 54.7 Å². The first-order chi connectivity index (χ1) is 13.4. The van der Waals surface area contributed by atoms with Gasteiger partial charge in [0.25, 0.3) is 0 Å². The van der Waals surface area contributed by atoms with E-state index in [0.717, 1.165) is 11.4 Å². The highest BCUT2D eigenvalue weighted by Crippen LogP contribution is 2.19. The summed E-state index contributed by atoms with van der Waals surface area (Å²) in [6.45, 7) is 0.416. The standard InChI is InChI=1S/C20H23FN4O2S/c1-25(28(26,27)13-10-18-8-2-3-11-22-18)12-5-9-19-15-20(24-23-19)16-6-4-7-17(21)14-16/h2-4,6-8,11,14-15H,5,9-10,12-13H2,1H3,(H,23,24). The molecule has 0 aliphatic heterocycles. The zero-order chi connectivity index (χ0) is 20.0. The molecule has 6 nitrogen and oxygen atoms in total. The molecule has 0 spiro atoms. The maximum Gasteiger partial charge on any atom is 0.214 e. The fraction of sp³-hybridized carbons (Fsp3) is 0.300. The van der Waals surface area contributed by atoms with Crippen molar-refractivity contribution in [3.05, 3.63) is 71.9 Å². The van der Waals surface area contributed by atoms with Crippen molar-refractivity contribution in [2.24, 2.45) is 0 Å². The molecule has 0 aliphatic carbocycles. The first kappa shape index (κ1) is 20.2. The summed E-state index contributed by atoms with van der Waals surface area (Å²) in [7, 11) is -1.73. The Morgan fingerprint density at radius 2 is 1.96 bits per heavy atom. The number of sulfonamides is 1. The summed E-state index contributed by atoms with van der Waals surface area (Å²) >= 11 is 0. The average molecular weight is 402 g/mol. The molecule has 0 aliphatic rings. The predicted octanol–water partition coefficient (Wildman–Crippen LogP) is 3.05. The number of aromatic nitrogens is 3. The van der Waals surface area contributed by atoms with Crippen molar-refractivity contribution in [3.63, 3.8) is 0 Å². The molecule has 2 aromatic heterocycles. The van der Waals surface area contributed by atoms with Gasteiger partial charge in [-0.25, -0.2) is 17.1 Å². The van der Waals surface area contributed by atoms with Crippen LogP contribution in [0.3, 0.4) is 0 Å². The lowest BCUT2D eigenvalue weighted by atomic mass is 10.1. The quantitative estimate of drug-likeness (QED) is 0.597. The van der Waals surface area contributed by atoms with E-state index in [0.29, 0.717) is 37.1 Å². The van der Waals surface area contributed by atoms with E-state index in [9.17, 15) is 12.8 Å². The van der Waals surface area contributed by atoms with Crippen molar-refractivity contribution in [2.45, 2.75) is 19.3 Å². The van der Waals surface area contributed by atoms with Crippen LogP contribution in [0.2, 0.25) is 0 Å². The highest BCUT2D eigenvalue weighted by Gasteiger charge is 2.17. The molecule has 2 heterocycles. The highest BCUT2D eigenvalue weighted by molar-refractivity contribution is 7.89. The van der Waals surface area contributed by atoms with Gasteiger partial charge in [0.1, 0.15) is 5.82 Å². The first-order valence-electron chi connectivity index (χ1n) is 9.08. The van der Waals surface area contributed by atoms with Gasteiger partial charge in [0, 0.05) is 43.2 Å². The number of aryl methyl sites for hydroxylation is 2. The molecule has 0 amide bonds. The summed E-state index contributed by atoms with van der Waals surface area (Å²) < 4.78 is 39.5. The van der Waals surface area contributed by atoms with Crippen molar-refractivity contribution < 1.29 is 12.8 Å². The van der Waals surface area contributed by atoms with E-state index < -0.39 is 10.0 Å². The molecule has 0 saturated heterocycles. The van der Waals surface area contributed by atoms with E-state index in [1.165, 1.54) is 16.4 Å². The van der Waals surface area contributed by atoms with Crippen LogP contribution in [0.25, 0.3) is 11.3 Å². The van der Waals surface area contributed by atoms with Crippen molar-refractivity contribution >= 4 is 10.0 Å². The van der Waals surface area contributed by atoms with Crippen LogP contribution in [-0.2, 0) is 22.9 Å². The molecular weight excluding hydrogens is 379 g/mol. The van der Waals surface area contributed by atoms with Crippen LogP contribution in [0, 0.1) is 5.82 Å². The number of nitrogens with zero attached hydrogens (tertiary/aromatic N) is 3. The molecule has 3 rings (SSSR count). The third-order valence-corrected chi connectivity index (χ3v) is 6.34. The Balaban J connectivity index is 1.49. The Labute approximate surface area is 164 Å². The number of hydrogen-bond acceptors (Lipinski definition) is 4. The monoisotopic (exact) mass is 402 g/mol. The number of hydrogen-bond donors (Lipinski definition) is 1. The Hall–Kier alpha value is -2.58. The molecule has 0 bridgehead atoms. The Bertz CT molecular complexity index is 1010.